The highest BCUT2D eigenvalue weighted by Gasteiger charge is 2.19. The van der Waals surface area contributed by atoms with Crippen molar-refractivity contribution in [1.29, 1.82) is 0 Å². The Morgan fingerprint density at radius 1 is 1.04 bits per heavy atom. The molecule has 130 valence electrons. The summed E-state index contributed by atoms with van der Waals surface area (Å²) in [5.74, 6) is -0.436. The lowest BCUT2D eigenvalue weighted by Gasteiger charge is -2.14. The molecule has 0 saturated carbocycles. The Morgan fingerprint density at radius 2 is 1.76 bits per heavy atom. The quantitative estimate of drug-likeness (QED) is 0.880. The predicted octanol–water partition coefficient (Wildman–Crippen LogP) is 3.16. The van der Waals surface area contributed by atoms with Crippen LogP contribution in [0.25, 0.3) is 0 Å². The Bertz CT molecular complexity index is 767. The van der Waals surface area contributed by atoms with Crippen molar-refractivity contribution >= 4 is 17.5 Å². The van der Waals surface area contributed by atoms with Crippen LogP contribution in [0.5, 0.6) is 0 Å². The zero-order chi connectivity index (χ0) is 17.6. The molecule has 2 aromatic rings. The standard InChI is InChI=1S/C20H22N2O3/c1-14-7-2-3-9-16(14)20(24)22-18-11-5-4-10-17(18)19(23)21-13-15-8-6-12-25-15/h2-5,7,9-11,15H,6,8,12-13H2,1H3,(H,21,23)(H,22,24)/t15-/m1/s1. The van der Waals surface area contributed by atoms with Gasteiger partial charge in [0.25, 0.3) is 11.8 Å². The molecule has 1 atom stereocenters. The van der Waals surface area contributed by atoms with Gasteiger partial charge in [-0.3, -0.25) is 9.59 Å². The molecule has 2 amide bonds. The molecule has 0 unspecified atom stereocenters. The number of benzene rings is 2. The Morgan fingerprint density at radius 3 is 2.48 bits per heavy atom. The number of aryl methyl sites for hydroxylation is 1. The lowest BCUT2D eigenvalue weighted by Crippen LogP contribution is -2.32. The van der Waals surface area contributed by atoms with Crippen LogP contribution in [-0.2, 0) is 4.74 Å². The zero-order valence-corrected chi connectivity index (χ0v) is 14.2. The maximum atomic E-state index is 12.5. The minimum absolute atomic E-state index is 0.0812. The van der Waals surface area contributed by atoms with Gasteiger partial charge in [0.1, 0.15) is 0 Å². The average molecular weight is 338 g/mol. The van der Waals surface area contributed by atoms with Crippen LogP contribution in [-0.4, -0.2) is 31.1 Å². The Hall–Kier alpha value is -2.66. The number of anilines is 1. The van der Waals surface area contributed by atoms with Gasteiger partial charge >= 0.3 is 0 Å². The van der Waals surface area contributed by atoms with Crippen molar-refractivity contribution < 1.29 is 14.3 Å². The second-order valence-corrected chi connectivity index (χ2v) is 6.16. The maximum absolute atomic E-state index is 12.5. The van der Waals surface area contributed by atoms with Gasteiger partial charge in [-0.25, -0.2) is 0 Å². The predicted molar refractivity (Wildman–Crippen MR) is 96.9 cm³/mol. The van der Waals surface area contributed by atoms with E-state index in [1.54, 1.807) is 30.3 Å². The van der Waals surface area contributed by atoms with Crippen LogP contribution >= 0.6 is 0 Å². The smallest absolute Gasteiger partial charge is 0.255 e. The van der Waals surface area contributed by atoms with E-state index in [0.717, 1.165) is 25.0 Å². The van der Waals surface area contributed by atoms with Gasteiger partial charge in [-0.15, -0.1) is 0 Å². The largest absolute Gasteiger partial charge is 0.376 e. The van der Waals surface area contributed by atoms with E-state index in [1.165, 1.54) is 0 Å². The van der Waals surface area contributed by atoms with E-state index >= 15 is 0 Å². The third-order valence-electron chi connectivity index (χ3n) is 4.32. The van der Waals surface area contributed by atoms with Crippen LogP contribution in [0.15, 0.2) is 48.5 Å². The summed E-state index contributed by atoms with van der Waals surface area (Å²) < 4.78 is 5.52. The van der Waals surface area contributed by atoms with Gasteiger partial charge in [0.2, 0.25) is 0 Å². The average Bonchev–Trinajstić information content (AvgIpc) is 3.14. The van der Waals surface area contributed by atoms with Gasteiger partial charge in [-0.1, -0.05) is 30.3 Å². The van der Waals surface area contributed by atoms with Crippen molar-refractivity contribution in [2.24, 2.45) is 0 Å². The number of rotatable bonds is 5. The second kappa shape index (κ2) is 7.94. The van der Waals surface area contributed by atoms with Crippen LogP contribution in [0.4, 0.5) is 5.69 Å². The van der Waals surface area contributed by atoms with Crippen molar-refractivity contribution in [1.82, 2.24) is 5.32 Å². The fraction of sp³-hybridized carbons (Fsp3) is 0.300. The number of hydrogen-bond acceptors (Lipinski definition) is 3. The van der Waals surface area contributed by atoms with Gasteiger partial charge in [0.15, 0.2) is 0 Å². The molecule has 1 fully saturated rings. The molecule has 2 N–H and O–H groups in total. The molecule has 1 heterocycles. The fourth-order valence-corrected chi connectivity index (χ4v) is 2.91. The normalized spacial score (nSPS) is 16.4. The van der Waals surface area contributed by atoms with Crippen LogP contribution in [0, 0.1) is 6.92 Å². The van der Waals surface area contributed by atoms with E-state index in [1.807, 2.05) is 25.1 Å². The number of carbonyl (C=O) groups is 2. The minimum atomic E-state index is -0.225. The summed E-state index contributed by atoms with van der Waals surface area (Å²) in [6, 6.07) is 14.4. The Kier molecular flexibility index (Phi) is 5.46. The molecule has 0 aromatic heterocycles. The van der Waals surface area contributed by atoms with Crippen molar-refractivity contribution in [2.75, 3.05) is 18.5 Å². The molecule has 5 nitrogen and oxygen atoms in total. The summed E-state index contributed by atoms with van der Waals surface area (Å²) in [5.41, 5.74) is 2.43. The summed E-state index contributed by atoms with van der Waals surface area (Å²) >= 11 is 0. The molecule has 1 aliphatic heterocycles. The van der Waals surface area contributed by atoms with Crippen LogP contribution in [0.1, 0.15) is 39.1 Å². The van der Waals surface area contributed by atoms with Crippen molar-refractivity contribution in [3.8, 4) is 0 Å². The summed E-state index contributed by atoms with van der Waals surface area (Å²) in [4.78, 5) is 25.0. The molecular formula is C20H22N2O3. The summed E-state index contributed by atoms with van der Waals surface area (Å²) in [6.45, 7) is 3.12. The monoisotopic (exact) mass is 338 g/mol. The summed E-state index contributed by atoms with van der Waals surface area (Å²) in [6.07, 6.45) is 2.08. The third kappa shape index (κ3) is 4.25. The highest BCUT2D eigenvalue weighted by Crippen LogP contribution is 2.18. The van der Waals surface area contributed by atoms with Gasteiger partial charge in [-0.05, 0) is 43.5 Å². The van der Waals surface area contributed by atoms with Crippen LogP contribution in [0.3, 0.4) is 0 Å². The molecule has 3 rings (SSSR count). The molecule has 0 bridgehead atoms. The van der Waals surface area contributed by atoms with E-state index in [2.05, 4.69) is 10.6 Å². The first kappa shape index (κ1) is 17.2. The Labute approximate surface area is 147 Å². The van der Waals surface area contributed by atoms with E-state index in [-0.39, 0.29) is 17.9 Å². The Balaban J connectivity index is 1.71. The molecule has 5 heteroatoms. The molecule has 1 saturated heterocycles. The maximum Gasteiger partial charge on any atom is 0.255 e. The second-order valence-electron chi connectivity index (χ2n) is 6.16. The number of amides is 2. The van der Waals surface area contributed by atoms with Crippen molar-refractivity contribution in [3.05, 3.63) is 65.2 Å². The lowest BCUT2D eigenvalue weighted by molar-refractivity contribution is 0.0858. The zero-order valence-electron chi connectivity index (χ0n) is 14.2. The van der Waals surface area contributed by atoms with Gasteiger partial charge in [-0.2, -0.15) is 0 Å². The molecule has 0 aliphatic carbocycles. The molecule has 0 spiro atoms. The first-order valence-electron chi connectivity index (χ1n) is 8.51. The summed E-state index contributed by atoms with van der Waals surface area (Å²) in [7, 11) is 0. The highest BCUT2D eigenvalue weighted by atomic mass is 16.5. The third-order valence-corrected chi connectivity index (χ3v) is 4.32. The first-order valence-corrected chi connectivity index (χ1v) is 8.51. The molecule has 25 heavy (non-hydrogen) atoms. The van der Waals surface area contributed by atoms with Gasteiger partial charge in [0, 0.05) is 18.7 Å². The number of ether oxygens (including phenoxy) is 1. The SMILES string of the molecule is Cc1ccccc1C(=O)Nc1ccccc1C(=O)NC[C@H]1CCCO1. The highest BCUT2D eigenvalue weighted by molar-refractivity contribution is 6.09. The molecule has 1 aliphatic rings. The van der Waals surface area contributed by atoms with Gasteiger partial charge < -0.3 is 15.4 Å². The van der Waals surface area contributed by atoms with E-state index < -0.39 is 0 Å². The molecule has 0 radical (unpaired) electrons. The number of hydrogen-bond donors (Lipinski definition) is 2. The summed E-state index contributed by atoms with van der Waals surface area (Å²) in [5, 5.41) is 5.74. The van der Waals surface area contributed by atoms with Gasteiger partial charge in [0.05, 0.1) is 17.4 Å². The van der Waals surface area contributed by atoms with Crippen LogP contribution in [0.2, 0.25) is 0 Å². The number of carbonyl (C=O) groups excluding carboxylic acids is 2. The van der Waals surface area contributed by atoms with E-state index in [9.17, 15) is 9.59 Å². The van der Waals surface area contributed by atoms with Crippen molar-refractivity contribution in [2.45, 2.75) is 25.9 Å². The topological polar surface area (TPSA) is 67.4 Å². The van der Waals surface area contributed by atoms with Crippen molar-refractivity contribution in [3.63, 3.8) is 0 Å². The fourth-order valence-electron chi connectivity index (χ4n) is 2.91. The lowest BCUT2D eigenvalue weighted by atomic mass is 10.1. The van der Waals surface area contributed by atoms with E-state index in [4.69, 9.17) is 4.74 Å². The number of para-hydroxylation sites is 1. The molecular weight excluding hydrogens is 316 g/mol. The number of nitrogens with one attached hydrogen (secondary N) is 2. The molecule has 2 aromatic carbocycles. The minimum Gasteiger partial charge on any atom is -0.376 e. The van der Waals surface area contributed by atoms with E-state index in [0.29, 0.717) is 23.4 Å². The van der Waals surface area contributed by atoms with Crippen LogP contribution < -0.4 is 10.6 Å². The first-order chi connectivity index (χ1) is 12.1.